The highest BCUT2D eigenvalue weighted by atomic mass is 32.2. The highest BCUT2D eigenvalue weighted by Crippen LogP contribution is 2.32. The van der Waals surface area contributed by atoms with Crippen LogP contribution in [0.25, 0.3) is 0 Å². The SMILES string of the molecule is COc1ccc(S[C@H](C)C(=O)N2CCC(C)(C)C2)cc1. The van der Waals surface area contributed by atoms with E-state index in [-0.39, 0.29) is 16.6 Å². The van der Waals surface area contributed by atoms with Crippen LogP contribution in [-0.4, -0.2) is 36.3 Å². The molecule has 0 bridgehead atoms. The average Bonchev–Trinajstić information content (AvgIpc) is 2.79. The number of methoxy groups -OCH3 is 1. The van der Waals surface area contributed by atoms with Crippen LogP contribution in [0.15, 0.2) is 29.2 Å². The summed E-state index contributed by atoms with van der Waals surface area (Å²) >= 11 is 1.61. The first-order valence-corrected chi connectivity index (χ1v) is 7.89. The van der Waals surface area contributed by atoms with Crippen LogP contribution >= 0.6 is 11.8 Å². The van der Waals surface area contributed by atoms with Crippen LogP contribution in [0.2, 0.25) is 0 Å². The number of thioether (sulfide) groups is 1. The smallest absolute Gasteiger partial charge is 0.235 e. The van der Waals surface area contributed by atoms with Crippen LogP contribution in [0.5, 0.6) is 5.75 Å². The summed E-state index contributed by atoms with van der Waals surface area (Å²) in [4.78, 5) is 15.5. The minimum absolute atomic E-state index is 0.0442. The van der Waals surface area contributed by atoms with Crippen LogP contribution < -0.4 is 4.74 Å². The fraction of sp³-hybridized carbons (Fsp3) is 0.562. The Morgan fingerprint density at radius 1 is 1.35 bits per heavy atom. The van der Waals surface area contributed by atoms with Crippen LogP contribution in [0, 0.1) is 5.41 Å². The molecule has 1 atom stereocenters. The van der Waals surface area contributed by atoms with Crippen molar-refractivity contribution in [2.75, 3.05) is 20.2 Å². The van der Waals surface area contributed by atoms with Crippen molar-refractivity contribution in [3.63, 3.8) is 0 Å². The van der Waals surface area contributed by atoms with Gasteiger partial charge in [-0.15, -0.1) is 11.8 Å². The molecule has 4 heteroatoms. The lowest BCUT2D eigenvalue weighted by atomic mass is 9.93. The van der Waals surface area contributed by atoms with E-state index in [0.29, 0.717) is 0 Å². The second-order valence-electron chi connectivity index (χ2n) is 6.11. The molecule has 1 heterocycles. The first-order valence-electron chi connectivity index (χ1n) is 7.01. The Morgan fingerprint density at radius 3 is 2.50 bits per heavy atom. The molecular weight excluding hydrogens is 270 g/mol. The third kappa shape index (κ3) is 3.69. The van der Waals surface area contributed by atoms with E-state index in [2.05, 4.69) is 13.8 Å². The van der Waals surface area contributed by atoms with E-state index in [1.54, 1.807) is 18.9 Å². The summed E-state index contributed by atoms with van der Waals surface area (Å²) < 4.78 is 5.14. The lowest BCUT2D eigenvalue weighted by Gasteiger charge is -2.22. The quantitative estimate of drug-likeness (QED) is 0.797. The number of carbonyl (C=O) groups excluding carboxylic acids is 1. The predicted octanol–water partition coefficient (Wildman–Crippen LogP) is 3.43. The summed E-state index contributed by atoms with van der Waals surface area (Å²) in [5.74, 6) is 1.09. The fourth-order valence-electron chi connectivity index (χ4n) is 2.47. The van der Waals surface area contributed by atoms with Gasteiger partial charge in [0.15, 0.2) is 0 Å². The number of rotatable bonds is 4. The molecule has 20 heavy (non-hydrogen) atoms. The summed E-state index contributed by atoms with van der Waals surface area (Å²) in [6, 6.07) is 7.86. The van der Waals surface area contributed by atoms with E-state index < -0.39 is 0 Å². The van der Waals surface area contributed by atoms with Gasteiger partial charge in [-0.05, 0) is 43.0 Å². The van der Waals surface area contributed by atoms with Crippen LogP contribution in [0.1, 0.15) is 27.2 Å². The van der Waals surface area contributed by atoms with Gasteiger partial charge in [0.25, 0.3) is 0 Å². The first-order chi connectivity index (χ1) is 9.41. The van der Waals surface area contributed by atoms with Crippen LogP contribution in [-0.2, 0) is 4.79 Å². The molecule has 0 N–H and O–H groups in total. The van der Waals surface area contributed by atoms with Gasteiger partial charge in [0.05, 0.1) is 12.4 Å². The van der Waals surface area contributed by atoms with Crippen molar-refractivity contribution in [3.05, 3.63) is 24.3 Å². The zero-order valence-corrected chi connectivity index (χ0v) is 13.5. The monoisotopic (exact) mass is 293 g/mol. The molecule has 110 valence electrons. The van der Waals surface area contributed by atoms with Gasteiger partial charge in [-0.3, -0.25) is 4.79 Å². The summed E-state index contributed by atoms with van der Waals surface area (Å²) in [5, 5.41) is -0.0442. The number of likely N-dealkylation sites (tertiary alicyclic amines) is 1. The molecule has 0 unspecified atom stereocenters. The minimum Gasteiger partial charge on any atom is -0.497 e. The fourth-order valence-corrected chi connectivity index (χ4v) is 3.42. The normalized spacial score (nSPS) is 18.9. The van der Waals surface area contributed by atoms with Crippen molar-refractivity contribution in [3.8, 4) is 5.75 Å². The summed E-state index contributed by atoms with van der Waals surface area (Å²) in [6.45, 7) is 8.20. The van der Waals surface area contributed by atoms with Gasteiger partial charge in [-0.2, -0.15) is 0 Å². The molecule has 0 saturated carbocycles. The molecule has 0 radical (unpaired) electrons. The molecular formula is C16H23NO2S. The van der Waals surface area contributed by atoms with Gasteiger partial charge in [0.2, 0.25) is 5.91 Å². The maximum Gasteiger partial charge on any atom is 0.235 e. The molecule has 1 fully saturated rings. The van der Waals surface area contributed by atoms with Crippen molar-refractivity contribution < 1.29 is 9.53 Å². The topological polar surface area (TPSA) is 29.5 Å². The van der Waals surface area contributed by atoms with Crippen molar-refractivity contribution >= 4 is 17.7 Å². The molecule has 1 aromatic carbocycles. The van der Waals surface area contributed by atoms with Gasteiger partial charge in [0, 0.05) is 18.0 Å². The van der Waals surface area contributed by atoms with Gasteiger partial charge in [-0.25, -0.2) is 0 Å². The van der Waals surface area contributed by atoms with Gasteiger partial charge >= 0.3 is 0 Å². The second kappa shape index (κ2) is 6.08. The number of carbonyl (C=O) groups is 1. The van der Waals surface area contributed by atoms with E-state index in [1.807, 2.05) is 36.1 Å². The van der Waals surface area contributed by atoms with Crippen LogP contribution in [0.4, 0.5) is 0 Å². The van der Waals surface area contributed by atoms with E-state index in [0.717, 1.165) is 30.2 Å². The Kier molecular flexibility index (Phi) is 4.63. The third-order valence-corrected chi connectivity index (χ3v) is 4.81. The van der Waals surface area contributed by atoms with E-state index in [9.17, 15) is 4.79 Å². The van der Waals surface area contributed by atoms with Crippen LogP contribution in [0.3, 0.4) is 0 Å². The number of benzene rings is 1. The second-order valence-corrected chi connectivity index (χ2v) is 7.52. The zero-order chi connectivity index (χ0) is 14.8. The van der Waals surface area contributed by atoms with E-state index >= 15 is 0 Å². The van der Waals surface area contributed by atoms with E-state index in [1.165, 1.54) is 0 Å². The predicted molar refractivity (Wildman–Crippen MR) is 83.3 cm³/mol. The molecule has 1 amide bonds. The Hall–Kier alpha value is -1.16. The molecule has 2 rings (SSSR count). The summed E-state index contributed by atoms with van der Waals surface area (Å²) in [6.07, 6.45) is 1.10. The third-order valence-electron chi connectivity index (χ3n) is 3.71. The van der Waals surface area contributed by atoms with Gasteiger partial charge in [0.1, 0.15) is 5.75 Å². The number of hydrogen-bond donors (Lipinski definition) is 0. The maximum absolute atomic E-state index is 12.4. The number of ether oxygens (including phenoxy) is 1. The Labute approximate surface area is 125 Å². The van der Waals surface area contributed by atoms with Gasteiger partial charge in [-0.1, -0.05) is 13.8 Å². The van der Waals surface area contributed by atoms with Crippen molar-refractivity contribution in [2.24, 2.45) is 5.41 Å². The Bertz CT molecular complexity index is 470. The maximum atomic E-state index is 12.4. The largest absolute Gasteiger partial charge is 0.497 e. The van der Waals surface area contributed by atoms with E-state index in [4.69, 9.17) is 4.74 Å². The number of nitrogens with zero attached hydrogens (tertiary/aromatic N) is 1. The number of amides is 1. The highest BCUT2D eigenvalue weighted by Gasteiger charge is 2.33. The lowest BCUT2D eigenvalue weighted by Crippen LogP contribution is -2.35. The summed E-state index contributed by atoms with van der Waals surface area (Å²) in [7, 11) is 1.66. The molecule has 0 aromatic heterocycles. The highest BCUT2D eigenvalue weighted by molar-refractivity contribution is 8.00. The molecule has 1 aliphatic rings. The molecule has 1 aliphatic heterocycles. The minimum atomic E-state index is -0.0442. The van der Waals surface area contributed by atoms with Crippen molar-refractivity contribution in [1.29, 1.82) is 0 Å². The molecule has 0 spiro atoms. The zero-order valence-electron chi connectivity index (χ0n) is 12.7. The molecule has 0 aliphatic carbocycles. The summed E-state index contributed by atoms with van der Waals surface area (Å²) in [5.41, 5.74) is 0.264. The lowest BCUT2D eigenvalue weighted by molar-refractivity contribution is -0.129. The Morgan fingerprint density at radius 2 is 2.00 bits per heavy atom. The molecule has 1 aromatic rings. The standard InChI is InChI=1S/C16H23NO2S/c1-12(15(18)17-10-9-16(2,3)11-17)20-14-7-5-13(19-4)6-8-14/h5-8,12H,9-11H2,1-4H3/t12-/m1/s1. The van der Waals surface area contributed by atoms with Crippen molar-refractivity contribution in [2.45, 2.75) is 37.3 Å². The van der Waals surface area contributed by atoms with Gasteiger partial charge < -0.3 is 9.64 Å². The first kappa shape index (κ1) is 15.2. The average molecular weight is 293 g/mol. The number of hydrogen-bond acceptors (Lipinski definition) is 3. The molecule has 3 nitrogen and oxygen atoms in total. The van der Waals surface area contributed by atoms with Crippen molar-refractivity contribution in [1.82, 2.24) is 4.90 Å². The molecule has 1 saturated heterocycles. The Balaban J connectivity index is 1.93.